The molecule has 1 unspecified atom stereocenters. The molecule has 0 saturated carbocycles. The summed E-state index contributed by atoms with van der Waals surface area (Å²) >= 11 is 0. The zero-order chi connectivity index (χ0) is 6.78. The lowest BCUT2D eigenvalue weighted by Gasteiger charge is -2.14. The van der Waals surface area contributed by atoms with Crippen molar-refractivity contribution in [3.05, 3.63) is 0 Å². The van der Waals surface area contributed by atoms with Gasteiger partial charge in [-0.2, -0.15) is 0 Å². The summed E-state index contributed by atoms with van der Waals surface area (Å²) in [5.74, 6) is -1.07. The lowest BCUT2D eigenvalue weighted by molar-refractivity contribution is -0.142. The lowest BCUT2D eigenvalue weighted by atomic mass is 10.1. The number of carbonyl (C=O) groups is 1. The molecule has 0 heterocycles. The second-order valence-electron chi connectivity index (χ2n) is 1.93. The van der Waals surface area contributed by atoms with Crippen LogP contribution in [-0.4, -0.2) is 23.2 Å². The van der Waals surface area contributed by atoms with Crippen LogP contribution in [0.5, 0.6) is 0 Å². The molecule has 1 atom stereocenters. The van der Waals surface area contributed by atoms with Crippen LogP contribution in [0.3, 0.4) is 0 Å². The van der Waals surface area contributed by atoms with E-state index in [1.807, 2.05) is 0 Å². The summed E-state index contributed by atoms with van der Waals surface area (Å²) in [5.41, 5.74) is 8.87. The standard InChI is InChI=1S/C4H10N2O2.2ClH/c1-4(6,2-5)3(7)8;;/h2,5-6H2,1H3,(H,7,8);2*1H. The smallest absolute Gasteiger partial charge is 0.324 e. The van der Waals surface area contributed by atoms with Gasteiger partial charge in [0, 0.05) is 6.54 Å². The topological polar surface area (TPSA) is 89.3 Å². The number of carboxylic acid groups (broad SMARTS) is 1. The number of rotatable bonds is 2. The van der Waals surface area contributed by atoms with E-state index in [0.717, 1.165) is 0 Å². The first-order chi connectivity index (χ1) is 3.50. The van der Waals surface area contributed by atoms with Crippen LogP contribution in [0.15, 0.2) is 0 Å². The second kappa shape index (κ2) is 5.73. The van der Waals surface area contributed by atoms with Crippen molar-refractivity contribution in [2.24, 2.45) is 11.5 Å². The van der Waals surface area contributed by atoms with Gasteiger partial charge in [0.05, 0.1) is 0 Å². The van der Waals surface area contributed by atoms with Crippen molar-refractivity contribution in [2.75, 3.05) is 6.54 Å². The summed E-state index contributed by atoms with van der Waals surface area (Å²) < 4.78 is 0. The van der Waals surface area contributed by atoms with E-state index < -0.39 is 11.5 Å². The number of hydrogen-bond donors (Lipinski definition) is 3. The molecule has 0 rings (SSSR count). The zero-order valence-electron chi connectivity index (χ0n) is 5.53. The van der Waals surface area contributed by atoms with Crippen LogP contribution in [0.1, 0.15) is 6.92 Å². The first-order valence-corrected chi connectivity index (χ1v) is 2.23. The summed E-state index contributed by atoms with van der Waals surface area (Å²) in [6.45, 7) is 1.33. The van der Waals surface area contributed by atoms with Gasteiger partial charge in [-0.3, -0.25) is 4.79 Å². The highest BCUT2D eigenvalue weighted by molar-refractivity contribution is 5.85. The normalized spacial score (nSPS) is 13.9. The monoisotopic (exact) mass is 190 g/mol. The fraction of sp³-hybridized carbons (Fsp3) is 0.750. The van der Waals surface area contributed by atoms with Gasteiger partial charge in [-0.1, -0.05) is 0 Å². The Labute approximate surface area is 71.8 Å². The summed E-state index contributed by atoms with van der Waals surface area (Å²) in [6, 6.07) is 0. The van der Waals surface area contributed by atoms with Crippen LogP contribution >= 0.6 is 24.8 Å². The second-order valence-corrected chi connectivity index (χ2v) is 1.93. The quantitative estimate of drug-likeness (QED) is 0.553. The molecule has 0 aliphatic heterocycles. The molecule has 0 aromatic heterocycles. The third-order valence-corrected chi connectivity index (χ3v) is 0.913. The van der Waals surface area contributed by atoms with E-state index in [4.69, 9.17) is 16.6 Å². The van der Waals surface area contributed by atoms with Crippen LogP contribution < -0.4 is 11.5 Å². The maximum Gasteiger partial charge on any atom is 0.324 e. The Kier molecular flexibility index (Phi) is 9.47. The van der Waals surface area contributed by atoms with Crippen molar-refractivity contribution < 1.29 is 9.90 Å². The minimum Gasteiger partial charge on any atom is -0.480 e. The molecule has 0 aromatic carbocycles. The van der Waals surface area contributed by atoms with E-state index in [1.54, 1.807) is 0 Å². The molecule has 6 heteroatoms. The van der Waals surface area contributed by atoms with E-state index in [9.17, 15) is 4.79 Å². The molecule has 0 spiro atoms. The Morgan fingerprint density at radius 1 is 1.60 bits per heavy atom. The van der Waals surface area contributed by atoms with Crippen molar-refractivity contribution >= 4 is 30.8 Å². The van der Waals surface area contributed by atoms with Crippen molar-refractivity contribution in [3.8, 4) is 0 Å². The molecule has 0 radical (unpaired) electrons. The molecule has 0 aromatic rings. The van der Waals surface area contributed by atoms with Crippen molar-refractivity contribution in [3.63, 3.8) is 0 Å². The third kappa shape index (κ3) is 4.81. The molecule has 0 amide bonds. The first kappa shape index (κ1) is 16.5. The first-order valence-electron chi connectivity index (χ1n) is 2.23. The van der Waals surface area contributed by atoms with E-state index in [-0.39, 0.29) is 31.4 Å². The summed E-state index contributed by atoms with van der Waals surface area (Å²) in [6.07, 6.45) is 0. The Morgan fingerprint density at radius 3 is 1.90 bits per heavy atom. The fourth-order valence-electron chi connectivity index (χ4n) is 0.0873. The summed E-state index contributed by atoms with van der Waals surface area (Å²) in [4.78, 5) is 10.0. The number of carboxylic acids is 1. The minimum atomic E-state index is -1.26. The predicted octanol–water partition coefficient (Wildman–Crippen LogP) is -0.409. The maximum atomic E-state index is 10.0. The molecule has 10 heavy (non-hydrogen) atoms. The molecule has 0 fully saturated rings. The number of halogens is 2. The lowest BCUT2D eigenvalue weighted by Crippen LogP contribution is -2.51. The molecular weight excluding hydrogens is 179 g/mol. The van der Waals surface area contributed by atoms with E-state index in [1.165, 1.54) is 6.92 Å². The van der Waals surface area contributed by atoms with Crippen molar-refractivity contribution in [1.82, 2.24) is 0 Å². The predicted molar refractivity (Wildman–Crippen MR) is 43.8 cm³/mol. The molecule has 0 saturated heterocycles. The highest BCUT2D eigenvalue weighted by Crippen LogP contribution is 1.92. The molecule has 0 bridgehead atoms. The van der Waals surface area contributed by atoms with Crippen LogP contribution in [0, 0.1) is 0 Å². The highest BCUT2D eigenvalue weighted by atomic mass is 35.5. The van der Waals surface area contributed by atoms with E-state index in [2.05, 4.69) is 0 Å². The van der Waals surface area contributed by atoms with Gasteiger partial charge in [-0.15, -0.1) is 24.8 Å². The third-order valence-electron chi connectivity index (χ3n) is 0.913. The number of aliphatic carboxylic acids is 1. The van der Waals surface area contributed by atoms with Gasteiger partial charge in [-0.05, 0) is 6.92 Å². The minimum absolute atomic E-state index is 0. The van der Waals surface area contributed by atoms with Gasteiger partial charge in [0.2, 0.25) is 0 Å². The molecule has 5 N–H and O–H groups in total. The highest BCUT2D eigenvalue weighted by Gasteiger charge is 2.24. The van der Waals surface area contributed by atoms with Crippen molar-refractivity contribution in [2.45, 2.75) is 12.5 Å². The fourth-order valence-corrected chi connectivity index (χ4v) is 0.0873. The average Bonchev–Trinajstić information content (AvgIpc) is 1.67. The number of hydrogen-bond acceptors (Lipinski definition) is 3. The van der Waals surface area contributed by atoms with E-state index in [0.29, 0.717) is 0 Å². The number of nitrogens with two attached hydrogens (primary N) is 2. The van der Waals surface area contributed by atoms with Crippen LogP contribution in [0.4, 0.5) is 0 Å². The van der Waals surface area contributed by atoms with Crippen LogP contribution in [0.25, 0.3) is 0 Å². The average molecular weight is 191 g/mol. The summed E-state index contributed by atoms with van der Waals surface area (Å²) in [5, 5.41) is 8.24. The van der Waals surface area contributed by atoms with Gasteiger partial charge in [0.15, 0.2) is 0 Å². The van der Waals surface area contributed by atoms with Gasteiger partial charge in [0.1, 0.15) is 5.54 Å². The maximum absolute atomic E-state index is 10.0. The Hall–Kier alpha value is -0.0300. The molecular formula is C4H12Cl2N2O2. The van der Waals surface area contributed by atoms with Crippen molar-refractivity contribution in [1.29, 1.82) is 0 Å². The Morgan fingerprint density at radius 2 is 1.90 bits per heavy atom. The van der Waals surface area contributed by atoms with Gasteiger partial charge in [-0.25, -0.2) is 0 Å². The van der Waals surface area contributed by atoms with Gasteiger partial charge < -0.3 is 16.6 Å². The van der Waals surface area contributed by atoms with Crippen LogP contribution in [-0.2, 0) is 4.79 Å². The molecule has 64 valence electrons. The molecule has 0 aliphatic carbocycles. The summed E-state index contributed by atoms with van der Waals surface area (Å²) in [7, 11) is 0. The Balaban J connectivity index is -0.000000245. The van der Waals surface area contributed by atoms with E-state index >= 15 is 0 Å². The zero-order valence-corrected chi connectivity index (χ0v) is 7.17. The SMILES string of the molecule is CC(N)(CN)C(=O)O.Cl.Cl. The van der Waals surface area contributed by atoms with Gasteiger partial charge >= 0.3 is 5.97 Å². The van der Waals surface area contributed by atoms with Crippen LogP contribution in [0.2, 0.25) is 0 Å². The largest absolute Gasteiger partial charge is 0.480 e. The Bertz CT molecular complexity index is 107. The molecule has 4 nitrogen and oxygen atoms in total. The van der Waals surface area contributed by atoms with Gasteiger partial charge in [0.25, 0.3) is 0 Å². The molecule has 0 aliphatic rings.